The van der Waals surface area contributed by atoms with E-state index in [0.29, 0.717) is 6.04 Å². The van der Waals surface area contributed by atoms with Crippen molar-refractivity contribution >= 4 is 5.84 Å². The van der Waals surface area contributed by atoms with Crippen LogP contribution in [0.5, 0.6) is 0 Å². The van der Waals surface area contributed by atoms with Gasteiger partial charge in [0.2, 0.25) is 0 Å². The lowest BCUT2D eigenvalue weighted by molar-refractivity contribution is 0.660. The molecule has 2 aliphatic heterocycles. The van der Waals surface area contributed by atoms with E-state index < -0.39 is 0 Å². The van der Waals surface area contributed by atoms with Crippen molar-refractivity contribution in [3.8, 4) is 0 Å². The molecule has 2 rings (SSSR count). The first-order valence-electron chi connectivity index (χ1n) is 3.86. The van der Waals surface area contributed by atoms with Crippen molar-refractivity contribution in [1.82, 2.24) is 5.32 Å². The molecule has 0 saturated heterocycles. The van der Waals surface area contributed by atoms with Crippen LogP contribution in [-0.4, -0.2) is 18.4 Å². The van der Waals surface area contributed by atoms with E-state index >= 15 is 0 Å². The summed E-state index contributed by atoms with van der Waals surface area (Å²) in [6.07, 6.45) is 4.62. The van der Waals surface area contributed by atoms with Gasteiger partial charge in [-0.15, -0.1) is 0 Å². The molecular formula is C8H12N2. The summed E-state index contributed by atoms with van der Waals surface area (Å²) >= 11 is 0. The smallest absolute Gasteiger partial charge is 0.124 e. The molecule has 1 N–H and O–H groups in total. The summed E-state index contributed by atoms with van der Waals surface area (Å²) in [6.45, 7) is 3.18. The van der Waals surface area contributed by atoms with Gasteiger partial charge < -0.3 is 5.32 Å². The number of hydrogen-bond acceptors (Lipinski definition) is 2. The van der Waals surface area contributed by atoms with E-state index in [-0.39, 0.29) is 0 Å². The molecule has 2 heteroatoms. The third-order valence-corrected chi connectivity index (χ3v) is 2.06. The van der Waals surface area contributed by atoms with Gasteiger partial charge in [-0.2, -0.15) is 0 Å². The molecule has 0 spiro atoms. The Bertz CT molecular complexity index is 203. The van der Waals surface area contributed by atoms with E-state index in [0.717, 1.165) is 25.2 Å². The Morgan fingerprint density at radius 1 is 1.70 bits per heavy atom. The largest absolute Gasteiger partial charge is 0.367 e. The van der Waals surface area contributed by atoms with Gasteiger partial charge in [-0.3, -0.25) is 4.99 Å². The van der Waals surface area contributed by atoms with Gasteiger partial charge in [0.25, 0.3) is 0 Å². The maximum atomic E-state index is 4.35. The Morgan fingerprint density at radius 3 is 3.50 bits per heavy atom. The molecule has 0 saturated carbocycles. The third-order valence-electron chi connectivity index (χ3n) is 2.06. The van der Waals surface area contributed by atoms with Crippen LogP contribution < -0.4 is 5.32 Å². The zero-order valence-electron chi connectivity index (χ0n) is 6.22. The van der Waals surface area contributed by atoms with Gasteiger partial charge >= 0.3 is 0 Å². The highest BCUT2D eigenvalue weighted by Gasteiger charge is 2.18. The Morgan fingerprint density at radius 2 is 2.60 bits per heavy atom. The van der Waals surface area contributed by atoms with E-state index in [1.165, 1.54) is 5.57 Å². The molecule has 1 unspecified atom stereocenters. The van der Waals surface area contributed by atoms with Crippen molar-refractivity contribution in [2.75, 3.05) is 6.54 Å². The summed E-state index contributed by atoms with van der Waals surface area (Å²) in [4.78, 5) is 4.35. The van der Waals surface area contributed by atoms with E-state index in [1.807, 2.05) is 0 Å². The molecule has 0 radical (unpaired) electrons. The molecule has 1 atom stereocenters. The van der Waals surface area contributed by atoms with Gasteiger partial charge in [0.1, 0.15) is 5.84 Å². The van der Waals surface area contributed by atoms with Crippen LogP contribution in [0.4, 0.5) is 0 Å². The summed E-state index contributed by atoms with van der Waals surface area (Å²) in [5.41, 5.74) is 1.43. The number of hydrogen-bond donors (Lipinski definition) is 1. The van der Waals surface area contributed by atoms with E-state index in [1.54, 1.807) is 0 Å². The summed E-state index contributed by atoms with van der Waals surface area (Å²) in [7, 11) is 0. The molecule has 2 aliphatic rings. The quantitative estimate of drug-likeness (QED) is 0.529. The van der Waals surface area contributed by atoms with Crippen LogP contribution in [0, 0.1) is 0 Å². The SMILES string of the molecule is CC1CC=C2CCN=C2N1. The van der Waals surface area contributed by atoms with E-state index in [2.05, 4.69) is 23.3 Å². The van der Waals surface area contributed by atoms with E-state index in [4.69, 9.17) is 0 Å². The molecular weight excluding hydrogens is 124 g/mol. The maximum absolute atomic E-state index is 4.35. The molecule has 0 bridgehead atoms. The van der Waals surface area contributed by atoms with Gasteiger partial charge in [-0.25, -0.2) is 0 Å². The fraction of sp³-hybridized carbons (Fsp3) is 0.625. The molecule has 2 nitrogen and oxygen atoms in total. The Kier molecular flexibility index (Phi) is 1.26. The lowest BCUT2D eigenvalue weighted by Gasteiger charge is -2.19. The van der Waals surface area contributed by atoms with Crippen LogP contribution in [-0.2, 0) is 0 Å². The van der Waals surface area contributed by atoms with Crippen molar-refractivity contribution in [2.24, 2.45) is 4.99 Å². The highest BCUT2D eigenvalue weighted by atomic mass is 15.0. The standard InChI is InChI=1S/C8H12N2/c1-6-2-3-7-4-5-9-8(7)10-6/h3,6H,2,4-5H2,1H3,(H,9,10). The molecule has 0 aromatic rings. The lowest BCUT2D eigenvalue weighted by Crippen LogP contribution is -2.35. The summed E-state index contributed by atoms with van der Waals surface area (Å²) < 4.78 is 0. The highest BCUT2D eigenvalue weighted by Crippen LogP contribution is 2.17. The topological polar surface area (TPSA) is 24.4 Å². The number of aliphatic imine (C=N–C) groups is 1. The molecule has 0 aromatic heterocycles. The minimum atomic E-state index is 0.584. The predicted octanol–water partition coefficient (Wildman–Crippen LogP) is 1.10. The number of nitrogens with one attached hydrogen (secondary N) is 1. The lowest BCUT2D eigenvalue weighted by atomic mass is 10.1. The molecule has 0 amide bonds. The van der Waals surface area contributed by atoms with Crippen LogP contribution in [0.15, 0.2) is 16.6 Å². The minimum Gasteiger partial charge on any atom is -0.367 e. The van der Waals surface area contributed by atoms with Gasteiger partial charge in [-0.1, -0.05) is 6.08 Å². The first-order chi connectivity index (χ1) is 4.86. The number of rotatable bonds is 0. The normalized spacial score (nSPS) is 30.3. The van der Waals surface area contributed by atoms with Crippen molar-refractivity contribution in [2.45, 2.75) is 25.8 Å². The number of fused-ring (bicyclic) bond motifs is 1. The van der Waals surface area contributed by atoms with Crippen LogP contribution in [0.2, 0.25) is 0 Å². The second-order valence-electron chi connectivity index (χ2n) is 2.99. The van der Waals surface area contributed by atoms with E-state index in [9.17, 15) is 0 Å². The van der Waals surface area contributed by atoms with Gasteiger partial charge in [0.15, 0.2) is 0 Å². The summed E-state index contributed by atoms with van der Waals surface area (Å²) in [6, 6.07) is 0.584. The molecule has 2 heterocycles. The monoisotopic (exact) mass is 136 g/mol. The van der Waals surface area contributed by atoms with Crippen LogP contribution in [0.3, 0.4) is 0 Å². The average Bonchev–Trinajstić information content (AvgIpc) is 2.33. The molecule has 0 aromatic carbocycles. The average molecular weight is 136 g/mol. The van der Waals surface area contributed by atoms with Gasteiger partial charge in [0, 0.05) is 12.6 Å². The Balaban J connectivity index is 2.25. The van der Waals surface area contributed by atoms with Crippen LogP contribution in [0.1, 0.15) is 19.8 Å². The Labute approximate surface area is 61.0 Å². The first kappa shape index (κ1) is 5.96. The zero-order chi connectivity index (χ0) is 6.97. The van der Waals surface area contributed by atoms with Crippen LogP contribution in [0.25, 0.3) is 0 Å². The molecule has 10 heavy (non-hydrogen) atoms. The van der Waals surface area contributed by atoms with Crippen molar-refractivity contribution in [3.63, 3.8) is 0 Å². The highest BCUT2D eigenvalue weighted by molar-refractivity contribution is 6.00. The predicted molar refractivity (Wildman–Crippen MR) is 42.2 cm³/mol. The molecule has 54 valence electrons. The first-order valence-corrected chi connectivity index (χ1v) is 3.86. The fourth-order valence-corrected chi connectivity index (χ4v) is 1.46. The minimum absolute atomic E-state index is 0.584. The molecule has 0 aliphatic carbocycles. The maximum Gasteiger partial charge on any atom is 0.124 e. The van der Waals surface area contributed by atoms with Crippen LogP contribution >= 0.6 is 0 Å². The van der Waals surface area contributed by atoms with Crippen molar-refractivity contribution < 1.29 is 0 Å². The second kappa shape index (κ2) is 2.11. The number of amidine groups is 1. The fourth-order valence-electron chi connectivity index (χ4n) is 1.46. The molecule has 0 fully saturated rings. The summed E-state index contributed by atoms with van der Waals surface area (Å²) in [5.74, 6) is 1.15. The second-order valence-corrected chi connectivity index (χ2v) is 2.99. The third kappa shape index (κ3) is 0.838. The van der Waals surface area contributed by atoms with Crippen molar-refractivity contribution in [1.29, 1.82) is 0 Å². The summed E-state index contributed by atoms with van der Waals surface area (Å²) in [5, 5.41) is 3.36. The van der Waals surface area contributed by atoms with Gasteiger partial charge in [0.05, 0.1) is 0 Å². The zero-order valence-corrected chi connectivity index (χ0v) is 6.22. The number of nitrogens with zero attached hydrogens (tertiary/aromatic N) is 1. The Hall–Kier alpha value is -0.790. The van der Waals surface area contributed by atoms with Crippen molar-refractivity contribution in [3.05, 3.63) is 11.6 Å². The van der Waals surface area contributed by atoms with Gasteiger partial charge in [-0.05, 0) is 25.3 Å².